The van der Waals surface area contributed by atoms with Crippen LogP contribution in [0.15, 0.2) is 43.0 Å². The number of benzene rings is 1. The summed E-state index contributed by atoms with van der Waals surface area (Å²) < 4.78 is 2.25. The van der Waals surface area contributed by atoms with Gasteiger partial charge in [-0.1, -0.05) is 43.0 Å². The van der Waals surface area contributed by atoms with E-state index >= 15 is 0 Å². The molecule has 2 aromatic heterocycles. The third kappa shape index (κ3) is 4.39. The van der Waals surface area contributed by atoms with Gasteiger partial charge in [0.2, 0.25) is 0 Å². The molecular formula is C21H26N6. The van der Waals surface area contributed by atoms with Crippen molar-refractivity contribution in [1.82, 2.24) is 30.0 Å². The maximum absolute atomic E-state index is 4.51. The van der Waals surface area contributed by atoms with Crippen LogP contribution in [0.4, 0.5) is 0 Å². The largest absolute Gasteiger partial charge is 0.313 e. The molecule has 0 radical (unpaired) electrons. The Morgan fingerprint density at radius 2 is 1.89 bits per heavy atom. The van der Waals surface area contributed by atoms with Crippen LogP contribution in [0.5, 0.6) is 0 Å². The zero-order chi connectivity index (χ0) is 18.5. The topological polar surface area (TPSA) is 68.5 Å². The zero-order valence-electron chi connectivity index (χ0n) is 15.8. The summed E-state index contributed by atoms with van der Waals surface area (Å²) >= 11 is 0. The maximum atomic E-state index is 4.51. The number of hydrogen-bond donors (Lipinski definition) is 1. The summed E-state index contributed by atoms with van der Waals surface area (Å²) in [7, 11) is 0. The van der Waals surface area contributed by atoms with Crippen LogP contribution in [0.25, 0.3) is 11.4 Å². The monoisotopic (exact) mass is 362 g/mol. The smallest absolute Gasteiger partial charge is 0.159 e. The molecule has 0 unspecified atom stereocenters. The van der Waals surface area contributed by atoms with Gasteiger partial charge in [0.15, 0.2) is 5.82 Å². The van der Waals surface area contributed by atoms with Gasteiger partial charge in [-0.05, 0) is 25.8 Å². The zero-order valence-corrected chi connectivity index (χ0v) is 15.8. The van der Waals surface area contributed by atoms with Gasteiger partial charge >= 0.3 is 0 Å². The molecule has 1 aliphatic rings. The van der Waals surface area contributed by atoms with Crippen LogP contribution in [0.2, 0.25) is 0 Å². The van der Waals surface area contributed by atoms with Crippen molar-refractivity contribution in [3.05, 3.63) is 59.9 Å². The highest BCUT2D eigenvalue weighted by Crippen LogP contribution is 2.28. The van der Waals surface area contributed by atoms with Gasteiger partial charge in [-0.25, -0.2) is 9.97 Å². The van der Waals surface area contributed by atoms with E-state index in [0.29, 0.717) is 19.1 Å². The molecule has 0 spiro atoms. The van der Waals surface area contributed by atoms with Gasteiger partial charge < -0.3 is 9.88 Å². The minimum Gasteiger partial charge on any atom is -0.313 e. The van der Waals surface area contributed by atoms with Crippen LogP contribution in [0.1, 0.15) is 55.1 Å². The molecule has 140 valence electrons. The summed E-state index contributed by atoms with van der Waals surface area (Å²) in [5, 5.41) is 11.9. The molecule has 0 saturated heterocycles. The third-order valence-corrected chi connectivity index (χ3v) is 5.21. The highest BCUT2D eigenvalue weighted by atomic mass is 15.3. The number of aromatic nitrogens is 5. The van der Waals surface area contributed by atoms with E-state index in [1.54, 1.807) is 0 Å². The predicted octanol–water partition coefficient (Wildman–Crippen LogP) is 3.84. The summed E-state index contributed by atoms with van der Waals surface area (Å²) in [4.78, 5) is 9.02. The summed E-state index contributed by atoms with van der Waals surface area (Å²) in [6, 6.07) is 8.81. The molecule has 27 heavy (non-hydrogen) atoms. The van der Waals surface area contributed by atoms with E-state index in [2.05, 4.69) is 49.1 Å². The van der Waals surface area contributed by atoms with E-state index in [4.69, 9.17) is 0 Å². The lowest BCUT2D eigenvalue weighted by Gasteiger charge is -2.24. The third-order valence-electron chi connectivity index (χ3n) is 5.21. The van der Waals surface area contributed by atoms with E-state index in [0.717, 1.165) is 22.8 Å². The molecule has 1 fully saturated rings. The van der Waals surface area contributed by atoms with Crippen LogP contribution >= 0.6 is 0 Å². The van der Waals surface area contributed by atoms with E-state index in [1.807, 2.05) is 30.9 Å². The second-order valence-electron chi connectivity index (χ2n) is 7.33. The Bertz CT molecular complexity index is 864. The fraction of sp³-hybridized carbons (Fsp3) is 0.429. The van der Waals surface area contributed by atoms with Crippen molar-refractivity contribution < 1.29 is 0 Å². The van der Waals surface area contributed by atoms with Gasteiger partial charge in [-0.3, -0.25) is 0 Å². The molecule has 3 aromatic rings. The van der Waals surface area contributed by atoms with Crippen LogP contribution in [0, 0.1) is 6.92 Å². The van der Waals surface area contributed by atoms with Crippen molar-refractivity contribution in [2.45, 2.75) is 58.2 Å². The summed E-state index contributed by atoms with van der Waals surface area (Å²) in [6.07, 6.45) is 12.1. The first-order valence-corrected chi connectivity index (χ1v) is 9.76. The molecule has 1 N–H and O–H groups in total. The maximum Gasteiger partial charge on any atom is 0.159 e. The van der Waals surface area contributed by atoms with Crippen molar-refractivity contribution in [3.8, 4) is 11.4 Å². The van der Waals surface area contributed by atoms with Crippen molar-refractivity contribution in [2.24, 2.45) is 0 Å². The lowest BCUT2D eigenvalue weighted by atomic mass is 9.95. The average molecular weight is 362 g/mol. The summed E-state index contributed by atoms with van der Waals surface area (Å²) in [6.45, 7) is 3.50. The molecule has 0 amide bonds. The van der Waals surface area contributed by atoms with E-state index in [1.165, 1.54) is 37.7 Å². The number of hydrogen-bond acceptors (Lipinski definition) is 5. The minimum atomic E-state index is 0.558. The van der Waals surface area contributed by atoms with Crippen LogP contribution in [-0.2, 0) is 13.1 Å². The second kappa shape index (κ2) is 8.39. The number of rotatable bonds is 6. The second-order valence-corrected chi connectivity index (χ2v) is 7.33. The fourth-order valence-electron chi connectivity index (χ4n) is 3.76. The minimum absolute atomic E-state index is 0.558. The lowest BCUT2D eigenvalue weighted by Crippen LogP contribution is -2.20. The molecule has 2 heterocycles. The molecule has 1 aliphatic carbocycles. The van der Waals surface area contributed by atoms with Gasteiger partial charge in [-0.2, -0.15) is 0 Å². The van der Waals surface area contributed by atoms with Crippen molar-refractivity contribution in [1.29, 1.82) is 0 Å². The molecular weight excluding hydrogens is 336 g/mol. The average Bonchev–Trinajstić information content (AvgIpc) is 3.18. The molecule has 0 atom stereocenters. The normalized spacial score (nSPS) is 15.1. The van der Waals surface area contributed by atoms with Gasteiger partial charge in [0.05, 0.1) is 6.54 Å². The van der Waals surface area contributed by atoms with Crippen LogP contribution < -0.4 is 5.32 Å². The first-order valence-electron chi connectivity index (χ1n) is 9.76. The Morgan fingerprint density at radius 3 is 2.67 bits per heavy atom. The Morgan fingerprint density at radius 1 is 1.07 bits per heavy atom. The SMILES string of the molecule is Cc1cccc(-c2ncc(CNCc3nncn3C3CCCCC3)cn2)c1. The van der Waals surface area contributed by atoms with E-state index in [-0.39, 0.29) is 0 Å². The van der Waals surface area contributed by atoms with E-state index < -0.39 is 0 Å². The highest BCUT2D eigenvalue weighted by Gasteiger charge is 2.18. The molecule has 0 aliphatic heterocycles. The van der Waals surface area contributed by atoms with Crippen molar-refractivity contribution in [2.75, 3.05) is 0 Å². The number of nitrogens with zero attached hydrogens (tertiary/aromatic N) is 5. The summed E-state index contributed by atoms with van der Waals surface area (Å²) in [5.41, 5.74) is 3.33. The number of aryl methyl sites for hydroxylation is 1. The van der Waals surface area contributed by atoms with Gasteiger partial charge in [0.1, 0.15) is 12.2 Å². The molecule has 6 heteroatoms. The quantitative estimate of drug-likeness (QED) is 0.721. The molecule has 1 saturated carbocycles. The molecule has 0 bridgehead atoms. The fourth-order valence-corrected chi connectivity index (χ4v) is 3.76. The van der Waals surface area contributed by atoms with Crippen molar-refractivity contribution in [3.63, 3.8) is 0 Å². The first kappa shape index (κ1) is 17.8. The highest BCUT2D eigenvalue weighted by molar-refractivity contribution is 5.55. The first-order chi connectivity index (χ1) is 13.3. The Labute approximate surface area is 160 Å². The van der Waals surface area contributed by atoms with E-state index in [9.17, 15) is 0 Å². The van der Waals surface area contributed by atoms with Crippen LogP contribution in [-0.4, -0.2) is 24.7 Å². The lowest BCUT2D eigenvalue weighted by molar-refractivity contribution is 0.343. The Balaban J connectivity index is 1.34. The number of nitrogens with one attached hydrogen (secondary N) is 1. The van der Waals surface area contributed by atoms with Gasteiger partial charge in [0.25, 0.3) is 0 Å². The standard InChI is InChI=1S/C21H26N6/c1-16-6-5-7-18(10-16)21-23-12-17(13-24-21)11-22-14-20-26-25-15-27(20)19-8-3-2-4-9-19/h5-7,10,12-13,15,19,22H,2-4,8-9,11,14H2,1H3. The molecule has 6 nitrogen and oxygen atoms in total. The van der Waals surface area contributed by atoms with Gasteiger partial charge in [0, 0.05) is 36.1 Å². The Kier molecular flexibility index (Phi) is 5.53. The predicted molar refractivity (Wildman–Crippen MR) is 105 cm³/mol. The van der Waals surface area contributed by atoms with Crippen LogP contribution in [0.3, 0.4) is 0 Å². The summed E-state index contributed by atoms with van der Waals surface area (Å²) in [5.74, 6) is 1.78. The van der Waals surface area contributed by atoms with Gasteiger partial charge in [-0.15, -0.1) is 10.2 Å². The molecule has 4 rings (SSSR count). The Hall–Kier alpha value is -2.60. The van der Waals surface area contributed by atoms with Crippen molar-refractivity contribution >= 4 is 0 Å². The molecule has 1 aromatic carbocycles.